The van der Waals surface area contributed by atoms with Crippen molar-refractivity contribution in [2.75, 3.05) is 10.6 Å². The smallest absolute Gasteiger partial charge is 0.275 e. The molecule has 144 valence electrons. The van der Waals surface area contributed by atoms with Crippen molar-refractivity contribution in [1.29, 1.82) is 0 Å². The van der Waals surface area contributed by atoms with E-state index in [0.717, 1.165) is 18.4 Å². The zero-order valence-corrected chi connectivity index (χ0v) is 15.8. The van der Waals surface area contributed by atoms with Crippen molar-refractivity contribution in [3.63, 3.8) is 0 Å². The van der Waals surface area contributed by atoms with E-state index in [1.807, 2.05) is 30.3 Å². The van der Waals surface area contributed by atoms with E-state index in [1.165, 1.54) is 19.3 Å². The summed E-state index contributed by atoms with van der Waals surface area (Å²) in [5.74, 6) is 1.83. The highest BCUT2D eigenvalue weighted by Gasteiger charge is 2.18. The molecule has 1 fully saturated rings. The Labute approximate surface area is 163 Å². The number of hydrogen-bond donors (Lipinski definition) is 2. The van der Waals surface area contributed by atoms with E-state index in [9.17, 15) is 4.79 Å². The van der Waals surface area contributed by atoms with Gasteiger partial charge in [-0.2, -0.15) is 0 Å². The number of carbonyl (C=O) groups excluding carboxylic acids is 1. The molecule has 0 unspecified atom stereocenters. The molecule has 1 aliphatic carbocycles. The Morgan fingerprint density at radius 1 is 1.04 bits per heavy atom. The van der Waals surface area contributed by atoms with E-state index in [4.69, 9.17) is 4.52 Å². The number of aromatic nitrogens is 3. The highest BCUT2D eigenvalue weighted by Crippen LogP contribution is 2.23. The molecule has 0 saturated heterocycles. The molecular weight excluding hydrogens is 354 g/mol. The SMILES string of the molecule is Cc1cc(NC(=O)c2cc(NC3CCCCC3)nc(-c3ccccc3)n2)no1. The second-order valence-electron chi connectivity index (χ2n) is 7.08. The molecule has 1 aromatic carbocycles. The van der Waals surface area contributed by atoms with E-state index in [2.05, 4.69) is 25.8 Å². The summed E-state index contributed by atoms with van der Waals surface area (Å²) < 4.78 is 5.01. The van der Waals surface area contributed by atoms with Gasteiger partial charge in [0.2, 0.25) is 0 Å². The molecule has 1 amide bonds. The third-order valence-corrected chi connectivity index (χ3v) is 4.82. The van der Waals surface area contributed by atoms with Crippen molar-refractivity contribution < 1.29 is 9.32 Å². The first-order valence-electron chi connectivity index (χ1n) is 9.63. The van der Waals surface area contributed by atoms with Crippen LogP contribution >= 0.6 is 0 Å². The molecular formula is C21H23N5O2. The fourth-order valence-corrected chi connectivity index (χ4v) is 3.42. The van der Waals surface area contributed by atoms with Crippen LogP contribution in [-0.4, -0.2) is 27.1 Å². The highest BCUT2D eigenvalue weighted by atomic mass is 16.5. The lowest BCUT2D eigenvalue weighted by molar-refractivity contribution is 0.102. The molecule has 1 aliphatic rings. The monoisotopic (exact) mass is 377 g/mol. The summed E-state index contributed by atoms with van der Waals surface area (Å²) in [7, 11) is 0. The van der Waals surface area contributed by atoms with Crippen LogP contribution in [0.1, 0.15) is 48.4 Å². The van der Waals surface area contributed by atoms with Gasteiger partial charge in [-0.15, -0.1) is 0 Å². The summed E-state index contributed by atoms with van der Waals surface area (Å²) in [6, 6.07) is 13.4. The summed E-state index contributed by atoms with van der Waals surface area (Å²) >= 11 is 0. The maximum absolute atomic E-state index is 12.7. The zero-order valence-electron chi connectivity index (χ0n) is 15.8. The average Bonchev–Trinajstić information content (AvgIpc) is 3.14. The maximum Gasteiger partial charge on any atom is 0.275 e. The minimum absolute atomic E-state index is 0.285. The standard InChI is InChI=1S/C21H23N5O2/c1-14-12-19(26-28-14)25-21(27)17-13-18(22-16-10-6-3-7-11-16)24-20(23-17)15-8-4-2-5-9-15/h2,4-5,8-9,12-13,16H,3,6-7,10-11H2,1H3,(H,22,23,24)(H,25,26,27). The molecule has 7 heteroatoms. The van der Waals surface area contributed by atoms with Crippen LogP contribution in [0.4, 0.5) is 11.6 Å². The van der Waals surface area contributed by atoms with Crippen molar-refractivity contribution in [1.82, 2.24) is 15.1 Å². The van der Waals surface area contributed by atoms with E-state index in [1.54, 1.807) is 19.1 Å². The van der Waals surface area contributed by atoms with Crippen LogP contribution in [0.25, 0.3) is 11.4 Å². The number of rotatable bonds is 5. The van der Waals surface area contributed by atoms with Crippen molar-refractivity contribution in [2.45, 2.75) is 45.1 Å². The van der Waals surface area contributed by atoms with E-state index < -0.39 is 0 Å². The maximum atomic E-state index is 12.7. The molecule has 0 radical (unpaired) electrons. The van der Waals surface area contributed by atoms with Gasteiger partial charge in [0.1, 0.15) is 17.3 Å². The van der Waals surface area contributed by atoms with Gasteiger partial charge in [0, 0.05) is 23.7 Å². The van der Waals surface area contributed by atoms with Crippen molar-refractivity contribution in [3.8, 4) is 11.4 Å². The number of anilines is 2. The molecule has 2 N–H and O–H groups in total. The van der Waals surface area contributed by atoms with E-state index in [-0.39, 0.29) is 11.6 Å². The van der Waals surface area contributed by atoms with Crippen molar-refractivity contribution >= 4 is 17.5 Å². The summed E-state index contributed by atoms with van der Waals surface area (Å²) in [6.07, 6.45) is 5.94. The highest BCUT2D eigenvalue weighted by molar-refractivity contribution is 6.03. The van der Waals surface area contributed by atoms with Gasteiger partial charge in [-0.05, 0) is 19.8 Å². The molecule has 0 bridgehead atoms. The first-order chi connectivity index (χ1) is 13.7. The van der Waals surface area contributed by atoms with Gasteiger partial charge in [-0.25, -0.2) is 9.97 Å². The molecule has 0 aliphatic heterocycles. The van der Waals surface area contributed by atoms with Gasteiger partial charge < -0.3 is 15.2 Å². The van der Waals surface area contributed by atoms with Crippen LogP contribution < -0.4 is 10.6 Å². The fraction of sp³-hybridized carbons (Fsp3) is 0.333. The minimum atomic E-state index is -0.348. The van der Waals surface area contributed by atoms with Gasteiger partial charge in [0.05, 0.1) is 0 Å². The molecule has 2 heterocycles. The lowest BCUT2D eigenvalue weighted by Crippen LogP contribution is -2.24. The Hall–Kier alpha value is -3.22. The van der Waals surface area contributed by atoms with Crippen LogP contribution in [0.5, 0.6) is 0 Å². The number of amides is 1. The average molecular weight is 377 g/mol. The number of aryl methyl sites for hydroxylation is 1. The zero-order chi connectivity index (χ0) is 19.3. The first kappa shape index (κ1) is 18.2. The van der Waals surface area contributed by atoms with Gasteiger partial charge >= 0.3 is 0 Å². The second-order valence-corrected chi connectivity index (χ2v) is 7.08. The molecule has 0 atom stereocenters. The fourth-order valence-electron chi connectivity index (χ4n) is 3.42. The first-order valence-corrected chi connectivity index (χ1v) is 9.63. The van der Waals surface area contributed by atoms with E-state index >= 15 is 0 Å². The van der Waals surface area contributed by atoms with Crippen LogP contribution in [-0.2, 0) is 0 Å². The number of nitrogens with zero attached hydrogens (tertiary/aromatic N) is 3. The Balaban J connectivity index is 1.63. The number of nitrogens with one attached hydrogen (secondary N) is 2. The van der Waals surface area contributed by atoms with Crippen LogP contribution in [0.15, 0.2) is 47.0 Å². The molecule has 1 saturated carbocycles. The van der Waals surface area contributed by atoms with Gasteiger partial charge in [-0.1, -0.05) is 54.8 Å². The molecule has 7 nitrogen and oxygen atoms in total. The molecule has 2 aromatic heterocycles. The van der Waals surface area contributed by atoms with E-state index in [0.29, 0.717) is 29.3 Å². The summed E-state index contributed by atoms with van der Waals surface area (Å²) in [6.45, 7) is 1.77. The number of hydrogen-bond acceptors (Lipinski definition) is 6. The predicted molar refractivity (Wildman–Crippen MR) is 107 cm³/mol. The minimum Gasteiger partial charge on any atom is -0.367 e. The quantitative estimate of drug-likeness (QED) is 0.683. The Morgan fingerprint density at radius 2 is 1.82 bits per heavy atom. The van der Waals surface area contributed by atoms with Crippen LogP contribution in [0.3, 0.4) is 0 Å². The molecule has 3 aromatic rings. The lowest BCUT2D eigenvalue weighted by Gasteiger charge is -2.23. The Morgan fingerprint density at radius 3 is 2.54 bits per heavy atom. The molecule has 0 spiro atoms. The third-order valence-electron chi connectivity index (χ3n) is 4.82. The largest absolute Gasteiger partial charge is 0.367 e. The van der Waals surface area contributed by atoms with Crippen molar-refractivity contribution in [2.24, 2.45) is 0 Å². The predicted octanol–water partition coefficient (Wildman–Crippen LogP) is 4.44. The molecule has 28 heavy (non-hydrogen) atoms. The summed E-state index contributed by atoms with van der Waals surface area (Å²) in [5.41, 5.74) is 1.15. The summed E-state index contributed by atoms with van der Waals surface area (Å²) in [4.78, 5) is 21.9. The van der Waals surface area contributed by atoms with Crippen LogP contribution in [0, 0.1) is 6.92 Å². The lowest BCUT2D eigenvalue weighted by atomic mass is 9.95. The number of benzene rings is 1. The van der Waals surface area contributed by atoms with Crippen molar-refractivity contribution in [3.05, 3.63) is 53.9 Å². The van der Waals surface area contributed by atoms with Gasteiger partial charge in [0.15, 0.2) is 11.6 Å². The number of carbonyl (C=O) groups is 1. The Bertz CT molecular complexity index is 948. The Kier molecular flexibility index (Phi) is 5.32. The summed E-state index contributed by atoms with van der Waals surface area (Å²) in [5, 5.41) is 10.0. The normalized spacial score (nSPS) is 14.6. The third kappa shape index (κ3) is 4.36. The molecule has 4 rings (SSSR count). The van der Waals surface area contributed by atoms with Gasteiger partial charge in [0.25, 0.3) is 5.91 Å². The second kappa shape index (κ2) is 8.21. The topological polar surface area (TPSA) is 92.9 Å². The van der Waals surface area contributed by atoms with Gasteiger partial charge in [-0.3, -0.25) is 4.79 Å². The van der Waals surface area contributed by atoms with Crippen LogP contribution in [0.2, 0.25) is 0 Å².